The number of hydrogen-bond acceptors (Lipinski definition) is 4. The van der Waals surface area contributed by atoms with Gasteiger partial charge in [0.2, 0.25) is 5.91 Å². The maximum absolute atomic E-state index is 12.8. The van der Waals surface area contributed by atoms with Crippen molar-refractivity contribution in [2.45, 2.75) is 32.8 Å². The number of pyridine rings is 1. The highest BCUT2D eigenvalue weighted by molar-refractivity contribution is 5.85. The van der Waals surface area contributed by atoms with E-state index < -0.39 is 6.61 Å². The van der Waals surface area contributed by atoms with Crippen molar-refractivity contribution in [1.82, 2.24) is 9.88 Å². The Morgan fingerprint density at radius 1 is 1.50 bits per heavy atom. The Morgan fingerprint density at radius 3 is 2.92 bits per heavy atom. The molecule has 0 saturated heterocycles. The molecule has 0 aliphatic carbocycles. The summed E-state index contributed by atoms with van der Waals surface area (Å²) in [6.07, 6.45) is 7.24. The number of alkyl halides is 2. The van der Waals surface area contributed by atoms with Crippen molar-refractivity contribution in [3.63, 3.8) is 0 Å². The number of furan rings is 1. The van der Waals surface area contributed by atoms with Crippen LogP contribution in [0.3, 0.4) is 0 Å². The molecule has 140 valence electrons. The molecule has 0 saturated carbocycles. The lowest BCUT2D eigenvalue weighted by Gasteiger charge is -2.14. The Balaban J connectivity index is 2.32. The molecule has 2 rings (SSSR count). The van der Waals surface area contributed by atoms with Crippen molar-refractivity contribution in [3.8, 4) is 0 Å². The Bertz CT molecular complexity index is 799. The third-order valence-corrected chi connectivity index (χ3v) is 4.02. The first kappa shape index (κ1) is 19.6. The molecule has 0 aromatic carbocycles. The van der Waals surface area contributed by atoms with Crippen LogP contribution in [0.25, 0.3) is 16.7 Å². The van der Waals surface area contributed by atoms with Gasteiger partial charge in [-0.1, -0.05) is 12.7 Å². The van der Waals surface area contributed by atoms with E-state index in [1.54, 1.807) is 30.4 Å². The molecule has 0 atom stereocenters. The molecular formula is C19H22F2N2O3. The minimum absolute atomic E-state index is 0.0330. The summed E-state index contributed by atoms with van der Waals surface area (Å²) in [5.74, 6) is 0.147. The summed E-state index contributed by atoms with van der Waals surface area (Å²) in [4.78, 5) is 17.7. The van der Waals surface area contributed by atoms with E-state index in [1.807, 2.05) is 6.92 Å². The summed E-state index contributed by atoms with van der Waals surface area (Å²) in [6, 6.07) is 1.66. The normalized spacial score (nSPS) is 11.8. The lowest BCUT2D eigenvalue weighted by atomic mass is 10.0. The first-order chi connectivity index (χ1) is 12.5. The molecule has 0 radical (unpaired) electrons. The summed E-state index contributed by atoms with van der Waals surface area (Å²) < 4.78 is 35.9. The zero-order valence-electron chi connectivity index (χ0n) is 14.9. The van der Waals surface area contributed by atoms with E-state index in [4.69, 9.17) is 4.42 Å². The van der Waals surface area contributed by atoms with Gasteiger partial charge in [-0.2, -0.15) is 8.78 Å². The van der Waals surface area contributed by atoms with Gasteiger partial charge in [-0.05, 0) is 31.9 Å². The van der Waals surface area contributed by atoms with E-state index >= 15 is 0 Å². The van der Waals surface area contributed by atoms with Crippen molar-refractivity contribution < 1.29 is 22.7 Å². The first-order valence-electron chi connectivity index (χ1n) is 8.35. The van der Waals surface area contributed by atoms with E-state index in [2.05, 4.69) is 16.3 Å². The number of carbonyl (C=O) groups excluding carboxylic acids is 1. The smallest absolute Gasteiger partial charge is 0.387 e. The van der Waals surface area contributed by atoms with Gasteiger partial charge in [0.15, 0.2) is 11.5 Å². The van der Waals surface area contributed by atoms with Crippen molar-refractivity contribution in [1.29, 1.82) is 0 Å². The monoisotopic (exact) mass is 364 g/mol. The number of hydrogen-bond donors (Lipinski definition) is 0. The first-order valence-corrected chi connectivity index (χ1v) is 8.35. The molecule has 2 aromatic rings. The van der Waals surface area contributed by atoms with Crippen LogP contribution in [-0.2, 0) is 16.0 Å². The molecule has 0 spiro atoms. The molecule has 5 nitrogen and oxygen atoms in total. The summed E-state index contributed by atoms with van der Waals surface area (Å²) in [6.45, 7) is 3.08. The van der Waals surface area contributed by atoms with Gasteiger partial charge in [0.1, 0.15) is 5.58 Å². The fourth-order valence-electron chi connectivity index (χ4n) is 2.59. The number of aromatic nitrogens is 1. The number of fused-ring (bicyclic) bond motifs is 1. The van der Waals surface area contributed by atoms with Crippen LogP contribution in [0.4, 0.5) is 8.78 Å². The molecule has 0 bridgehead atoms. The Labute approximate surface area is 150 Å². The van der Waals surface area contributed by atoms with Gasteiger partial charge >= 0.3 is 6.61 Å². The number of amides is 1. The standard InChI is InChI=1S/C19H22F2N2O3/c1-4-7-16(26-19(20)21)18-13(8-6-9-17(24)23(3)5-2)14-12-22-11-10-15(14)25-18/h4,7,10-12,19H,1,5-6,8-9H2,2-3H3/b16-7+. The Hall–Kier alpha value is -2.70. The van der Waals surface area contributed by atoms with Gasteiger partial charge in [-0.15, -0.1) is 0 Å². The number of nitrogens with zero attached hydrogens (tertiary/aromatic N) is 2. The minimum Gasteiger partial charge on any atom is -0.452 e. The van der Waals surface area contributed by atoms with Crippen molar-refractivity contribution in [2.24, 2.45) is 0 Å². The van der Waals surface area contributed by atoms with Crippen molar-refractivity contribution in [3.05, 3.63) is 48.5 Å². The molecule has 0 aliphatic heterocycles. The second kappa shape index (κ2) is 9.12. The molecule has 0 N–H and O–H groups in total. The minimum atomic E-state index is -2.99. The molecule has 1 amide bonds. The topological polar surface area (TPSA) is 55.6 Å². The van der Waals surface area contributed by atoms with Crippen molar-refractivity contribution in [2.75, 3.05) is 13.6 Å². The van der Waals surface area contributed by atoms with Crippen molar-refractivity contribution >= 4 is 22.6 Å². The van der Waals surface area contributed by atoms with Gasteiger partial charge in [-0.3, -0.25) is 9.78 Å². The van der Waals surface area contributed by atoms with Crippen LogP contribution in [-0.4, -0.2) is 36.0 Å². The van der Waals surface area contributed by atoms with Crippen LogP contribution in [0.15, 0.2) is 41.6 Å². The summed E-state index contributed by atoms with van der Waals surface area (Å²) in [7, 11) is 1.74. The number of halogens is 2. The van der Waals surface area contributed by atoms with Crippen LogP contribution in [0.2, 0.25) is 0 Å². The molecular weight excluding hydrogens is 342 g/mol. The van der Waals surface area contributed by atoms with Gasteiger partial charge < -0.3 is 14.1 Å². The molecule has 2 heterocycles. The predicted molar refractivity (Wildman–Crippen MR) is 95.5 cm³/mol. The average molecular weight is 364 g/mol. The number of carbonyl (C=O) groups is 1. The summed E-state index contributed by atoms with van der Waals surface area (Å²) >= 11 is 0. The van der Waals surface area contributed by atoms with Gasteiger partial charge in [0, 0.05) is 43.4 Å². The van der Waals surface area contributed by atoms with Crippen LogP contribution >= 0.6 is 0 Å². The Kier molecular flexibility index (Phi) is 6.89. The highest BCUT2D eigenvalue weighted by Crippen LogP contribution is 2.33. The molecule has 2 aromatic heterocycles. The maximum Gasteiger partial charge on any atom is 0.387 e. The lowest BCUT2D eigenvalue weighted by Crippen LogP contribution is -2.25. The zero-order valence-corrected chi connectivity index (χ0v) is 14.9. The average Bonchev–Trinajstić information content (AvgIpc) is 2.99. The van der Waals surface area contributed by atoms with E-state index in [1.165, 1.54) is 12.2 Å². The number of ether oxygens (including phenoxy) is 1. The van der Waals surface area contributed by atoms with Crippen LogP contribution in [0, 0.1) is 0 Å². The predicted octanol–water partition coefficient (Wildman–Crippen LogP) is 4.39. The summed E-state index contributed by atoms with van der Waals surface area (Å²) in [5.41, 5.74) is 1.21. The van der Waals surface area contributed by atoms with Crippen LogP contribution < -0.4 is 0 Å². The number of aryl methyl sites for hydroxylation is 1. The van der Waals surface area contributed by atoms with E-state index in [0.717, 1.165) is 0 Å². The number of rotatable bonds is 9. The van der Waals surface area contributed by atoms with Crippen LogP contribution in [0.1, 0.15) is 31.1 Å². The molecule has 0 aliphatic rings. The highest BCUT2D eigenvalue weighted by atomic mass is 19.3. The third-order valence-electron chi connectivity index (χ3n) is 4.02. The second-order valence-electron chi connectivity index (χ2n) is 5.69. The zero-order chi connectivity index (χ0) is 19.1. The van der Waals surface area contributed by atoms with E-state index in [0.29, 0.717) is 42.3 Å². The largest absolute Gasteiger partial charge is 0.452 e. The van der Waals surface area contributed by atoms with Gasteiger partial charge in [-0.25, -0.2) is 0 Å². The summed E-state index contributed by atoms with van der Waals surface area (Å²) in [5, 5.41) is 0.714. The van der Waals surface area contributed by atoms with Gasteiger partial charge in [0.05, 0.1) is 0 Å². The highest BCUT2D eigenvalue weighted by Gasteiger charge is 2.21. The quantitative estimate of drug-likeness (QED) is 0.489. The van der Waals surface area contributed by atoms with Crippen LogP contribution in [0.5, 0.6) is 0 Å². The second-order valence-corrected chi connectivity index (χ2v) is 5.69. The molecule has 26 heavy (non-hydrogen) atoms. The lowest BCUT2D eigenvalue weighted by molar-refractivity contribution is -0.129. The fraction of sp³-hybridized carbons (Fsp3) is 0.368. The molecule has 7 heteroatoms. The number of allylic oxidation sites excluding steroid dienone is 2. The SMILES string of the molecule is C=C/C=C(/OC(F)F)c1oc2ccncc2c1CCCC(=O)N(C)CC. The fourth-order valence-corrected chi connectivity index (χ4v) is 2.59. The van der Waals surface area contributed by atoms with Gasteiger partial charge in [0.25, 0.3) is 0 Å². The maximum atomic E-state index is 12.8. The third kappa shape index (κ3) is 4.68. The van der Waals surface area contributed by atoms with E-state index in [9.17, 15) is 13.6 Å². The Morgan fingerprint density at radius 2 is 2.27 bits per heavy atom. The van der Waals surface area contributed by atoms with E-state index in [-0.39, 0.29) is 17.4 Å². The molecule has 0 fully saturated rings. The molecule has 0 unspecified atom stereocenters.